The van der Waals surface area contributed by atoms with Crippen LogP contribution in [-0.4, -0.2) is 46.7 Å². The summed E-state index contributed by atoms with van der Waals surface area (Å²) in [5.74, 6) is 1.37. The quantitative estimate of drug-likeness (QED) is 0.401. The predicted molar refractivity (Wildman–Crippen MR) is 126 cm³/mol. The molecule has 1 saturated carbocycles. The number of nitrogens with one attached hydrogen (secondary N) is 1. The van der Waals surface area contributed by atoms with Gasteiger partial charge in [0, 0.05) is 29.2 Å². The minimum Gasteiger partial charge on any atom is -0.486 e. The van der Waals surface area contributed by atoms with E-state index in [1.54, 1.807) is 12.1 Å². The number of ketones is 1. The van der Waals surface area contributed by atoms with E-state index in [2.05, 4.69) is 10.3 Å². The van der Waals surface area contributed by atoms with Crippen molar-refractivity contribution in [3.63, 3.8) is 0 Å². The number of anilines is 1. The summed E-state index contributed by atoms with van der Waals surface area (Å²) >= 11 is 0. The van der Waals surface area contributed by atoms with E-state index < -0.39 is 5.97 Å². The van der Waals surface area contributed by atoms with Crippen molar-refractivity contribution >= 4 is 17.6 Å². The van der Waals surface area contributed by atoms with Gasteiger partial charge in [0.1, 0.15) is 12.4 Å². The van der Waals surface area contributed by atoms with Crippen molar-refractivity contribution in [1.29, 1.82) is 0 Å². The topological polar surface area (TPSA) is 91.7 Å². The van der Waals surface area contributed by atoms with E-state index in [0.29, 0.717) is 30.3 Å². The molecule has 176 valence electrons. The zero-order valence-electron chi connectivity index (χ0n) is 19.2. The third-order valence-corrected chi connectivity index (χ3v) is 6.09. The Morgan fingerprint density at radius 1 is 1.15 bits per heavy atom. The Labute approximate surface area is 197 Å². The molecule has 8 heteroatoms. The van der Waals surface area contributed by atoms with Crippen LogP contribution in [0.4, 0.5) is 5.82 Å². The molecule has 5 rings (SSSR count). The van der Waals surface area contributed by atoms with Gasteiger partial charge in [-0.1, -0.05) is 12.1 Å². The van der Waals surface area contributed by atoms with Crippen molar-refractivity contribution in [2.75, 3.05) is 18.5 Å². The molecule has 1 fully saturated rings. The number of para-hydroxylation sites is 2. The maximum Gasteiger partial charge on any atom is 0.340 e. The van der Waals surface area contributed by atoms with Crippen molar-refractivity contribution in [3.05, 3.63) is 71.2 Å². The summed E-state index contributed by atoms with van der Waals surface area (Å²) < 4.78 is 19.2. The molecule has 0 amide bonds. The van der Waals surface area contributed by atoms with Crippen LogP contribution in [-0.2, 0) is 11.3 Å². The van der Waals surface area contributed by atoms with E-state index in [4.69, 9.17) is 14.2 Å². The van der Waals surface area contributed by atoms with Crippen LogP contribution in [0.3, 0.4) is 0 Å². The number of carbonyl (C=O) groups is 2. The van der Waals surface area contributed by atoms with E-state index in [1.807, 2.05) is 48.7 Å². The van der Waals surface area contributed by atoms with Gasteiger partial charge in [-0.05, 0) is 57.0 Å². The van der Waals surface area contributed by atoms with Crippen LogP contribution in [0.15, 0.2) is 48.7 Å². The highest BCUT2D eigenvalue weighted by atomic mass is 16.6. The molecular weight excluding hydrogens is 434 g/mol. The van der Waals surface area contributed by atoms with Gasteiger partial charge in [-0.15, -0.1) is 0 Å². The Kier molecular flexibility index (Phi) is 5.96. The predicted octanol–water partition coefficient (Wildman–Crippen LogP) is 3.95. The van der Waals surface area contributed by atoms with Crippen LogP contribution in [0.25, 0.3) is 0 Å². The van der Waals surface area contributed by atoms with Gasteiger partial charge in [0.15, 0.2) is 24.2 Å². The first kappa shape index (κ1) is 22.0. The largest absolute Gasteiger partial charge is 0.486 e. The molecule has 0 saturated heterocycles. The normalized spacial score (nSPS) is 16.7. The van der Waals surface area contributed by atoms with E-state index in [9.17, 15) is 9.59 Å². The third-order valence-electron chi connectivity index (χ3n) is 6.09. The van der Waals surface area contributed by atoms with Crippen LogP contribution < -0.4 is 14.8 Å². The fourth-order valence-corrected chi connectivity index (χ4v) is 4.05. The van der Waals surface area contributed by atoms with Crippen LogP contribution >= 0.6 is 0 Å². The standard InChI is InChI=1S/C26H27N3O5/c1-16-11-21(17(2)29(16)13-20-14-32-23-5-3-4-6-24(23)34-20)22(30)15-33-26(31)18-7-10-25(27-12-18)28-19-8-9-19/h3-7,10-12,19-20H,8-9,13-15H2,1-2H3,(H,27,28). The first-order chi connectivity index (χ1) is 16.5. The van der Waals surface area contributed by atoms with E-state index in [1.165, 1.54) is 6.20 Å². The van der Waals surface area contributed by atoms with Gasteiger partial charge in [0.2, 0.25) is 5.78 Å². The van der Waals surface area contributed by atoms with Crippen molar-refractivity contribution in [3.8, 4) is 11.5 Å². The Bertz CT molecular complexity index is 1210. The lowest BCUT2D eigenvalue weighted by Gasteiger charge is -2.27. The van der Waals surface area contributed by atoms with Crippen molar-refractivity contribution in [2.45, 2.75) is 45.4 Å². The second-order valence-electron chi connectivity index (χ2n) is 8.74. The molecule has 3 heterocycles. The fraction of sp³-hybridized carbons (Fsp3) is 0.346. The van der Waals surface area contributed by atoms with Crippen LogP contribution in [0.2, 0.25) is 0 Å². The minimum absolute atomic E-state index is 0.176. The number of nitrogens with zero attached hydrogens (tertiary/aromatic N) is 2. The Morgan fingerprint density at radius 2 is 1.94 bits per heavy atom. The minimum atomic E-state index is -0.570. The molecule has 1 aliphatic carbocycles. The van der Waals surface area contributed by atoms with Crippen LogP contribution in [0.5, 0.6) is 11.5 Å². The number of pyridine rings is 1. The van der Waals surface area contributed by atoms with Crippen LogP contribution in [0, 0.1) is 13.8 Å². The molecule has 0 spiro atoms. The second-order valence-corrected chi connectivity index (χ2v) is 8.74. The molecule has 2 aliphatic rings. The zero-order chi connectivity index (χ0) is 23.7. The number of aryl methyl sites for hydroxylation is 1. The van der Waals surface area contributed by atoms with Gasteiger partial charge in [-0.2, -0.15) is 0 Å². The summed E-state index contributed by atoms with van der Waals surface area (Å²) in [5.41, 5.74) is 2.58. The number of ether oxygens (including phenoxy) is 3. The molecule has 1 aliphatic heterocycles. The van der Waals surface area contributed by atoms with Gasteiger partial charge < -0.3 is 24.1 Å². The van der Waals surface area contributed by atoms with Gasteiger partial charge in [0.05, 0.1) is 12.1 Å². The molecule has 34 heavy (non-hydrogen) atoms. The Morgan fingerprint density at radius 3 is 2.68 bits per heavy atom. The summed E-state index contributed by atoms with van der Waals surface area (Å²) in [6.45, 7) is 4.47. The lowest BCUT2D eigenvalue weighted by molar-refractivity contribution is 0.0474. The second kappa shape index (κ2) is 9.21. The third kappa shape index (κ3) is 4.76. The lowest BCUT2D eigenvalue weighted by Crippen LogP contribution is -2.33. The van der Waals surface area contributed by atoms with Crippen molar-refractivity contribution in [2.24, 2.45) is 0 Å². The SMILES string of the molecule is Cc1cc(C(=O)COC(=O)c2ccc(NC3CC3)nc2)c(C)n1CC1COc2ccccc2O1. The van der Waals surface area contributed by atoms with Gasteiger partial charge in [-0.3, -0.25) is 4.79 Å². The summed E-state index contributed by atoms with van der Waals surface area (Å²) in [6, 6.07) is 13.3. The molecule has 3 aromatic rings. The molecule has 1 aromatic carbocycles. The van der Waals surface area contributed by atoms with Crippen molar-refractivity contribution in [1.82, 2.24) is 9.55 Å². The first-order valence-corrected chi connectivity index (χ1v) is 11.5. The number of fused-ring (bicyclic) bond motifs is 1. The van der Waals surface area contributed by atoms with Gasteiger partial charge >= 0.3 is 5.97 Å². The number of esters is 1. The number of aromatic nitrogens is 2. The van der Waals surface area contributed by atoms with Crippen LogP contribution in [0.1, 0.15) is 44.9 Å². The maximum atomic E-state index is 12.8. The molecule has 8 nitrogen and oxygen atoms in total. The summed E-state index contributed by atoms with van der Waals surface area (Å²) in [5, 5.41) is 3.27. The molecule has 1 atom stereocenters. The first-order valence-electron chi connectivity index (χ1n) is 11.5. The maximum absolute atomic E-state index is 12.8. The zero-order valence-corrected chi connectivity index (χ0v) is 19.2. The highest BCUT2D eigenvalue weighted by molar-refractivity contribution is 6.00. The summed E-state index contributed by atoms with van der Waals surface area (Å²) in [6.07, 6.45) is 3.58. The van der Waals surface area contributed by atoms with Gasteiger partial charge in [-0.25, -0.2) is 9.78 Å². The van der Waals surface area contributed by atoms with E-state index in [0.717, 1.165) is 41.5 Å². The fourth-order valence-electron chi connectivity index (χ4n) is 4.05. The molecule has 0 radical (unpaired) electrons. The number of benzene rings is 1. The van der Waals surface area contributed by atoms with E-state index >= 15 is 0 Å². The molecular formula is C26H27N3O5. The molecule has 1 unspecified atom stereocenters. The monoisotopic (exact) mass is 461 g/mol. The number of hydrogen-bond acceptors (Lipinski definition) is 7. The molecule has 1 N–H and O–H groups in total. The Hall–Kier alpha value is -3.81. The highest BCUT2D eigenvalue weighted by Gasteiger charge is 2.25. The molecule has 2 aromatic heterocycles. The van der Waals surface area contributed by atoms with Crippen molar-refractivity contribution < 1.29 is 23.8 Å². The summed E-state index contributed by atoms with van der Waals surface area (Å²) in [7, 11) is 0. The smallest absolute Gasteiger partial charge is 0.340 e. The average molecular weight is 462 g/mol. The molecule has 0 bridgehead atoms. The Balaban J connectivity index is 1.19. The number of hydrogen-bond donors (Lipinski definition) is 1. The van der Waals surface area contributed by atoms with E-state index in [-0.39, 0.29) is 18.5 Å². The average Bonchev–Trinajstić information content (AvgIpc) is 3.63. The lowest BCUT2D eigenvalue weighted by atomic mass is 10.1. The van der Waals surface area contributed by atoms with Gasteiger partial charge in [0.25, 0.3) is 0 Å². The summed E-state index contributed by atoms with van der Waals surface area (Å²) in [4.78, 5) is 29.5. The number of carbonyl (C=O) groups excluding carboxylic acids is 2. The number of rotatable bonds is 8. The number of Topliss-reactive ketones (excluding diaryl/α,β-unsaturated/α-hetero) is 1. The highest BCUT2D eigenvalue weighted by Crippen LogP contribution is 2.31.